The number of benzene rings is 1. The summed E-state index contributed by atoms with van der Waals surface area (Å²) in [6, 6.07) is 7.59. The first-order valence-electron chi connectivity index (χ1n) is 8.39. The zero-order chi connectivity index (χ0) is 17.4. The first-order valence-corrected chi connectivity index (χ1v) is 8.39. The van der Waals surface area contributed by atoms with Crippen molar-refractivity contribution in [3.8, 4) is 0 Å². The maximum absolute atomic E-state index is 11.9. The van der Waals surface area contributed by atoms with Crippen LogP contribution in [0.25, 0.3) is 0 Å². The van der Waals surface area contributed by atoms with Crippen LogP contribution < -0.4 is 16.4 Å². The van der Waals surface area contributed by atoms with Gasteiger partial charge in [0.25, 0.3) is 5.91 Å². The van der Waals surface area contributed by atoms with Crippen LogP contribution in [0.4, 0.5) is 4.79 Å². The lowest BCUT2D eigenvalue weighted by atomic mass is 9.94. The van der Waals surface area contributed by atoms with Crippen LogP contribution in [0.1, 0.15) is 57.7 Å². The van der Waals surface area contributed by atoms with E-state index in [-0.39, 0.29) is 18.0 Å². The van der Waals surface area contributed by atoms with Crippen LogP contribution in [-0.2, 0) is 11.2 Å². The summed E-state index contributed by atoms with van der Waals surface area (Å²) in [4.78, 5) is 22.7. The summed E-state index contributed by atoms with van der Waals surface area (Å²) < 4.78 is 0. The van der Waals surface area contributed by atoms with Gasteiger partial charge in [-0.3, -0.25) is 10.1 Å². The summed E-state index contributed by atoms with van der Waals surface area (Å²) >= 11 is 0. The highest BCUT2D eigenvalue weighted by Crippen LogP contribution is 2.19. The number of unbranched alkanes of at least 4 members (excludes halogenated alkanes) is 1. The van der Waals surface area contributed by atoms with Gasteiger partial charge in [0, 0.05) is 11.5 Å². The number of nitrogens with one attached hydrogen (secondary N) is 1. The summed E-state index contributed by atoms with van der Waals surface area (Å²) in [5, 5.41) is 4.13. The van der Waals surface area contributed by atoms with Crippen molar-refractivity contribution in [1.29, 1.82) is 0 Å². The molecular formula is C18H30N3O2+. The summed E-state index contributed by atoms with van der Waals surface area (Å²) in [5.74, 6) is 0.00281. The number of amides is 3. The Labute approximate surface area is 139 Å². The quantitative estimate of drug-likeness (QED) is 0.682. The molecule has 1 aromatic rings. The molecule has 0 aliphatic rings. The maximum atomic E-state index is 11.9. The molecule has 0 unspecified atom stereocenters. The van der Waals surface area contributed by atoms with Gasteiger partial charge in [0.05, 0.1) is 0 Å². The number of quaternary nitrogens is 1. The Hall–Kier alpha value is -1.88. The Morgan fingerprint density at radius 2 is 1.78 bits per heavy atom. The van der Waals surface area contributed by atoms with E-state index in [9.17, 15) is 9.59 Å². The number of urea groups is 1. The van der Waals surface area contributed by atoms with Crippen LogP contribution in [0.5, 0.6) is 0 Å². The number of primary amides is 1. The number of nitrogens with two attached hydrogens (primary N) is 2. The van der Waals surface area contributed by atoms with E-state index >= 15 is 0 Å². The van der Waals surface area contributed by atoms with Crippen molar-refractivity contribution in [2.75, 3.05) is 0 Å². The van der Waals surface area contributed by atoms with Crippen molar-refractivity contribution in [2.24, 2.45) is 11.7 Å². The molecular weight excluding hydrogens is 290 g/mol. The molecule has 0 aliphatic carbocycles. The Morgan fingerprint density at radius 1 is 1.17 bits per heavy atom. The lowest BCUT2D eigenvalue weighted by Gasteiger charge is -2.23. The summed E-state index contributed by atoms with van der Waals surface area (Å²) in [6.45, 7) is 8.23. The molecule has 0 aliphatic heterocycles. The normalized spacial score (nSPS) is 13.6. The average molecular weight is 320 g/mol. The van der Waals surface area contributed by atoms with E-state index in [1.165, 1.54) is 24.0 Å². The lowest BCUT2D eigenvalue weighted by Crippen LogP contribution is -2.93. The van der Waals surface area contributed by atoms with Crippen LogP contribution in [-0.4, -0.2) is 18.0 Å². The van der Waals surface area contributed by atoms with Gasteiger partial charge in [0.1, 0.15) is 6.04 Å². The largest absolute Gasteiger partial charge is 0.351 e. The second-order valence-corrected chi connectivity index (χ2v) is 6.45. The highest BCUT2D eigenvalue weighted by molar-refractivity contribution is 5.95. The van der Waals surface area contributed by atoms with Crippen LogP contribution in [0.2, 0.25) is 0 Å². The number of imide groups is 1. The number of rotatable bonds is 8. The summed E-state index contributed by atoms with van der Waals surface area (Å²) in [6.07, 6.45) is 3.49. The van der Waals surface area contributed by atoms with Crippen molar-refractivity contribution in [3.63, 3.8) is 0 Å². The zero-order valence-corrected chi connectivity index (χ0v) is 14.6. The van der Waals surface area contributed by atoms with Gasteiger partial charge < -0.3 is 11.1 Å². The molecule has 5 nitrogen and oxygen atoms in total. The van der Waals surface area contributed by atoms with Crippen molar-refractivity contribution in [1.82, 2.24) is 5.32 Å². The summed E-state index contributed by atoms with van der Waals surface area (Å²) in [7, 11) is 0. The highest BCUT2D eigenvalue weighted by atomic mass is 16.2. The Bertz CT molecular complexity index is 512. The van der Waals surface area contributed by atoms with Crippen LogP contribution in [0.15, 0.2) is 24.3 Å². The number of aryl methyl sites for hydroxylation is 1. The van der Waals surface area contributed by atoms with Gasteiger partial charge in [-0.05, 0) is 25.3 Å². The van der Waals surface area contributed by atoms with Gasteiger partial charge in [0.2, 0.25) is 0 Å². The SMILES string of the molecule is CCCCc1ccc([C@@H]([NH2+][C@H](C)C(=O)NC(N)=O)C(C)C)cc1. The van der Waals surface area contributed by atoms with E-state index in [4.69, 9.17) is 5.73 Å². The van der Waals surface area contributed by atoms with Crippen molar-refractivity contribution in [2.45, 2.75) is 59.0 Å². The standard InChI is InChI=1S/C18H29N3O2/c1-5-6-7-14-8-10-15(11-9-14)16(12(2)3)20-13(4)17(22)21-18(19)23/h8-13,16,20H,5-7H2,1-4H3,(H3,19,21,22,23)/p+1/t13-,16+/m1/s1. The molecule has 0 radical (unpaired) electrons. The predicted molar refractivity (Wildman–Crippen MR) is 91.7 cm³/mol. The van der Waals surface area contributed by atoms with Gasteiger partial charge in [-0.25, -0.2) is 4.79 Å². The van der Waals surface area contributed by atoms with Gasteiger partial charge in [0.15, 0.2) is 6.04 Å². The molecule has 1 rings (SSSR count). The van der Waals surface area contributed by atoms with E-state index < -0.39 is 6.03 Å². The van der Waals surface area contributed by atoms with Crippen molar-refractivity contribution < 1.29 is 14.9 Å². The van der Waals surface area contributed by atoms with Gasteiger partial charge in [-0.15, -0.1) is 0 Å². The predicted octanol–water partition coefficient (Wildman–Crippen LogP) is 1.87. The molecule has 3 amide bonds. The number of carbonyl (C=O) groups excluding carboxylic acids is 2. The number of hydrogen-bond donors (Lipinski definition) is 3. The second kappa shape index (κ2) is 9.30. The molecule has 5 N–H and O–H groups in total. The zero-order valence-electron chi connectivity index (χ0n) is 14.6. The first kappa shape index (κ1) is 19.2. The monoisotopic (exact) mass is 320 g/mol. The van der Waals surface area contributed by atoms with Crippen LogP contribution >= 0.6 is 0 Å². The minimum Gasteiger partial charge on any atom is -0.351 e. The minimum absolute atomic E-state index is 0.156. The molecule has 0 aromatic heterocycles. The fraction of sp³-hybridized carbons (Fsp3) is 0.556. The van der Waals surface area contributed by atoms with E-state index in [0.29, 0.717) is 5.92 Å². The molecule has 2 atom stereocenters. The third-order valence-electron chi connectivity index (χ3n) is 4.06. The fourth-order valence-corrected chi connectivity index (χ4v) is 2.64. The molecule has 128 valence electrons. The van der Waals surface area contributed by atoms with Gasteiger partial charge in [-0.1, -0.05) is 51.5 Å². The first-order chi connectivity index (χ1) is 10.8. The highest BCUT2D eigenvalue weighted by Gasteiger charge is 2.26. The summed E-state index contributed by atoms with van der Waals surface area (Å²) in [5.41, 5.74) is 7.54. The Balaban J connectivity index is 2.78. The third kappa shape index (κ3) is 6.40. The smallest absolute Gasteiger partial charge is 0.319 e. The van der Waals surface area contributed by atoms with Crippen LogP contribution in [0, 0.1) is 5.92 Å². The lowest BCUT2D eigenvalue weighted by molar-refractivity contribution is -0.719. The van der Waals surface area contributed by atoms with Crippen molar-refractivity contribution >= 4 is 11.9 Å². The number of carbonyl (C=O) groups is 2. The molecule has 0 bridgehead atoms. The fourth-order valence-electron chi connectivity index (χ4n) is 2.64. The maximum Gasteiger partial charge on any atom is 0.319 e. The second-order valence-electron chi connectivity index (χ2n) is 6.45. The molecule has 0 saturated carbocycles. The third-order valence-corrected chi connectivity index (χ3v) is 4.06. The molecule has 1 aromatic carbocycles. The Kier molecular flexibility index (Phi) is 7.75. The molecule has 0 heterocycles. The Morgan fingerprint density at radius 3 is 2.26 bits per heavy atom. The van der Waals surface area contributed by atoms with Crippen LogP contribution in [0.3, 0.4) is 0 Å². The molecule has 5 heteroatoms. The van der Waals surface area contributed by atoms with E-state index in [2.05, 4.69) is 50.4 Å². The molecule has 0 spiro atoms. The van der Waals surface area contributed by atoms with E-state index in [0.717, 1.165) is 6.42 Å². The minimum atomic E-state index is -0.809. The molecule has 0 fully saturated rings. The number of hydrogen-bond acceptors (Lipinski definition) is 2. The molecule has 23 heavy (non-hydrogen) atoms. The van der Waals surface area contributed by atoms with Gasteiger partial charge >= 0.3 is 6.03 Å². The van der Waals surface area contributed by atoms with Gasteiger partial charge in [-0.2, -0.15) is 0 Å². The average Bonchev–Trinajstić information content (AvgIpc) is 2.50. The van der Waals surface area contributed by atoms with E-state index in [1.807, 2.05) is 5.32 Å². The van der Waals surface area contributed by atoms with Crippen molar-refractivity contribution in [3.05, 3.63) is 35.4 Å². The topological polar surface area (TPSA) is 88.8 Å². The molecule has 0 saturated heterocycles. The van der Waals surface area contributed by atoms with E-state index in [1.54, 1.807) is 6.92 Å².